The minimum absolute atomic E-state index is 0.605. The van der Waals surface area contributed by atoms with Gasteiger partial charge in [0.15, 0.2) is 0 Å². The molecule has 1 fully saturated rings. The maximum absolute atomic E-state index is 5.76. The highest BCUT2D eigenvalue weighted by Gasteiger charge is 2.27. The van der Waals surface area contributed by atoms with Crippen LogP contribution in [0.1, 0.15) is 52.9 Å². The lowest BCUT2D eigenvalue weighted by Crippen LogP contribution is -2.45. The Balaban J connectivity index is 2.40. The summed E-state index contributed by atoms with van der Waals surface area (Å²) in [5.74, 6) is 1.60. The first-order valence-corrected chi connectivity index (χ1v) is 7.02. The Morgan fingerprint density at radius 2 is 1.75 bits per heavy atom. The summed E-state index contributed by atoms with van der Waals surface area (Å²) in [5.41, 5.74) is 5.76. The molecule has 2 heteroatoms. The van der Waals surface area contributed by atoms with Crippen LogP contribution in [0.15, 0.2) is 0 Å². The Kier molecular flexibility index (Phi) is 5.77. The molecule has 2 nitrogen and oxygen atoms in total. The van der Waals surface area contributed by atoms with Gasteiger partial charge in [-0.1, -0.05) is 20.3 Å². The number of hydrogen-bond donors (Lipinski definition) is 1. The standard InChI is InChI=1S/C14H30N2/c1-5-13-6-8-14(9-7-13)16(4)12(3)11(2)10-15/h11-14H,5-10,15H2,1-4H3. The molecule has 1 saturated carbocycles. The van der Waals surface area contributed by atoms with Crippen molar-refractivity contribution >= 4 is 0 Å². The fourth-order valence-corrected chi connectivity index (χ4v) is 2.89. The Morgan fingerprint density at radius 3 is 2.19 bits per heavy atom. The monoisotopic (exact) mass is 226 g/mol. The van der Waals surface area contributed by atoms with E-state index in [1.54, 1.807) is 0 Å². The summed E-state index contributed by atoms with van der Waals surface area (Å²) in [4.78, 5) is 2.57. The highest BCUT2D eigenvalue weighted by molar-refractivity contribution is 4.82. The molecule has 1 aliphatic rings. The second-order valence-electron chi connectivity index (χ2n) is 5.70. The first kappa shape index (κ1) is 14.0. The zero-order chi connectivity index (χ0) is 12.1. The third kappa shape index (κ3) is 3.46. The summed E-state index contributed by atoms with van der Waals surface area (Å²) < 4.78 is 0. The van der Waals surface area contributed by atoms with Gasteiger partial charge >= 0.3 is 0 Å². The Bertz CT molecular complexity index is 185. The van der Waals surface area contributed by atoms with Crippen molar-refractivity contribution in [3.63, 3.8) is 0 Å². The molecule has 1 aliphatic carbocycles. The fourth-order valence-electron chi connectivity index (χ4n) is 2.89. The van der Waals surface area contributed by atoms with Gasteiger partial charge in [0.1, 0.15) is 0 Å². The Hall–Kier alpha value is -0.0800. The molecule has 96 valence electrons. The van der Waals surface area contributed by atoms with Crippen LogP contribution in [-0.2, 0) is 0 Å². The van der Waals surface area contributed by atoms with Gasteiger partial charge in [-0.2, -0.15) is 0 Å². The van der Waals surface area contributed by atoms with Crippen LogP contribution in [0.4, 0.5) is 0 Å². The summed E-state index contributed by atoms with van der Waals surface area (Å²) in [6, 6.07) is 1.42. The van der Waals surface area contributed by atoms with E-state index in [1.807, 2.05) is 0 Å². The molecular weight excluding hydrogens is 196 g/mol. The second-order valence-corrected chi connectivity index (χ2v) is 5.70. The highest BCUT2D eigenvalue weighted by Crippen LogP contribution is 2.30. The highest BCUT2D eigenvalue weighted by atomic mass is 15.2. The lowest BCUT2D eigenvalue weighted by molar-refractivity contribution is 0.101. The maximum Gasteiger partial charge on any atom is 0.0104 e. The zero-order valence-electron chi connectivity index (χ0n) is 11.6. The first-order chi connectivity index (χ1) is 7.60. The SMILES string of the molecule is CCC1CCC(N(C)C(C)C(C)CN)CC1. The van der Waals surface area contributed by atoms with Crippen molar-refractivity contribution in [2.24, 2.45) is 17.6 Å². The molecule has 0 aromatic carbocycles. The van der Waals surface area contributed by atoms with E-state index in [1.165, 1.54) is 32.1 Å². The zero-order valence-corrected chi connectivity index (χ0v) is 11.6. The molecule has 0 saturated heterocycles. The molecule has 0 aliphatic heterocycles. The van der Waals surface area contributed by atoms with Crippen LogP contribution in [0.2, 0.25) is 0 Å². The molecule has 2 unspecified atom stereocenters. The van der Waals surface area contributed by atoms with E-state index < -0.39 is 0 Å². The van der Waals surface area contributed by atoms with Gasteiger partial charge in [0, 0.05) is 12.1 Å². The van der Waals surface area contributed by atoms with Crippen molar-refractivity contribution in [3.8, 4) is 0 Å². The normalized spacial score (nSPS) is 30.4. The van der Waals surface area contributed by atoms with Gasteiger partial charge in [-0.25, -0.2) is 0 Å². The van der Waals surface area contributed by atoms with E-state index in [9.17, 15) is 0 Å². The Morgan fingerprint density at radius 1 is 1.19 bits per heavy atom. The van der Waals surface area contributed by atoms with Crippen LogP contribution >= 0.6 is 0 Å². The van der Waals surface area contributed by atoms with Gasteiger partial charge in [-0.05, 0) is 58.0 Å². The van der Waals surface area contributed by atoms with Crippen LogP contribution in [-0.4, -0.2) is 30.6 Å². The van der Waals surface area contributed by atoms with Crippen molar-refractivity contribution in [2.75, 3.05) is 13.6 Å². The Labute approximate surface area is 102 Å². The minimum Gasteiger partial charge on any atom is -0.330 e. The summed E-state index contributed by atoms with van der Waals surface area (Å²) in [6.45, 7) is 7.71. The van der Waals surface area contributed by atoms with Crippen molar-refractivity contribution in [1.29, 1.82) is 0 Å². The van der Waals surface area contributed by atoms with Crippen LogP contribution in [0, 0.1) is 11.8 Å². The largest absolute Gasteiger partial charge is 0.330 e. The molecule has 0 radical (unpaired) electrons. The minimum atomic E-state index is 0.605. The van der Waals surface area contributed by atoms with Crippen LogP contribution in [0.5, 0.6) is 0 Å². The number of hydrogen-bond acceptors (Lipinski definition) is 2. The molecule has 1 rings (SSSR count). The molecule has 0 aromatic heterocycles. The average Bonchev–Trinajstić information content (AvgIpc) is 2.36. The lowest BCUT2D eigenvalue weighted by Gasteiger charge is -2.39. The third-order valence-electron chi connectivity index (χ3n) is 4.81. The van der Waals surface area contributed by atoms with Crippen molar-refractivity contribution in [2.45, 2.75) is 65.0 Å². The van der Waals surface area contributed by atoms with E-state index in [0.29, 0.717) is 12.0 Å². The van der Waals surface area contributed by atoms with Gasteiger partial charge < -0.3 is 10.6 Å². The van der Waals surface area contributed by atoms with Crippen molar-refractivity contribution < 1.29 is 0 Å². The van der Waals surface area contributed by atoms with Crippen LogP contribution < -0.4 is 5.73 Å². The van der Waals surface area contributed by atoms with E-state index in [0.717, 1.165) is 18.5 Å². The third-order valence-corrected chi connectivity index (χ3v) is 4.81. The molecule has 0 spiro atoms. The predicted octanol–water partition coefficient (Wildman–Crippen LogP) is 2.87. The van der Waals surface area contributed by atoms with Crippen LogP contribution in [0.25, 0.3) is 0 Å². The van der Waals surface area contributed by atoms with Crippen molar-refractivity contribution in [1.82, 2.24) is 4.90 Å². The van der Waals surface area contributed by atoms with Crippen molar-refractivity contribution in [3.05, 3.63) is 0 Å². The number of nitrogens with two attached hydrogens (primary N) is 1. The predicted molar refractivity (Wildman–Crippen MR) is 71.5 cm³/mol. The van der Waals surface area contributed by atoms with E-state index in [4.69, 9.17) is 5.73 Å². The molecule has 2 atom stereocenters. The van der Waals surface area contributed by atoms with Crippen LogP contribution in [0.3, 0.4) is 0 Å². The smallest absolute Gasteiger partial charge is 0.0104 e. The summed E-state index contributed by atoms with van der Waals surface area (Å²) >= 11 is 0. The fraction of sp³-hybridized carbons (Fsp3) is 1.00. The first-order valence-electron chi connectivity index (χ1n) is 7.02. The van der Waals surface area contributed by atoms with Gasteiger partial charge in [0.2, 0.25) is 0 Å². The molecule has 2 N–H and O–H groups in total. The maximum atomic E-state index is 5.76. The van der Waals surface area contributed by atoms with E-state index in [2.05, 4.69) is 32.7 Å². The van der Waals surface area contributed by atoms with Gasteiger partial charge in [-0.3, -0.25) is 0 Å². The second kappa shape index (κ2) is 6.61. The number of nitrogens with zero attached hydrogens (tertiary/aromatic N) is 1. The molecule has 0 heterocycles. The summed E-state index contributed by atoms with van der Waals surface area (Å²) in [6.07, 6.45) is 6.99. The van der Waals surface area contributed by atoms with Gasteiger partial charge in [0.25, 0.3) is 0 Å². The molecule has 16 heavy (non-hydrogen) atoms. The molecule has 0 aromatic rings. The summed E-state index contributed by atoms with van der Waals surface area (Å²) in [5, 5.41) is 0. The molecular formula is C14H30N2. The molecule has 0 bridgehead atoms. The number of rotatable bonds is 5. The van der Waals surface area contributed by atoms with Gasteiger partial charge in [0.05, 0.1) is 0 Å². The topological polar surface area (TPSA) is 29.3 Å². The summed E-state index contributed by atoms with van der Waals surface area (Å²) in [7, 11) is 2.29. The quantitative estimate of drug-likeness (QED) is 0.781. The lowest BCUT2D eigenvalue weighted by atomic mass is 9.83. The van der Waals surface area contributed by atoms with E-state index in [-0.39, 0.29) is 0 Å². The average molecular weight is 226 g/mol. The van der Waals surface area contributed by atoms with E-state index >= 15 is 0 Å². The van der Waals surface area contributed by atoms with Gasteiger partial charge in [-0.15, -0.1) is 0 Å². The molecule has 0 amide bonds.